The minimum Gasteiger partial charge on any atom is -0.489 e. The second-order valence-electron chi connectivity index (χ2n) is 3.79. The molecule has 1 heterocycles. The molecule has 0 amide bonds. The molecule has 2 nitrogen and oxygen atoms in total. The third-order valence-corrected chi connectivity index (χ3v) is 3.87. The van der Waals surface area contributed by atoms with E-state index in [1.165, 1.54) is 5.56 Å². The number of benzene rings is 1. The van der Waals surface area contributed by atoms with E-state index in [0.717, 1.165) is 41.6 Å². The van der Waals surface area contributed by atoms with Crippen LogP contribution in [0.4, 0.5) is 0 Å². The van der Waals surface area contributed by atoms with E-state index < -0.39 is 0 Å². The smallest absolute Gasteiger partial charge is 0.137 e. The maximum absolute atomic E-state index is 6.05. The van der Waals surface area contributed by atoms with Crippen molar-refractivity contribution in [2.45, 2.75) is 24.3 Å². The summed E-state index contributed by atoms with van der Waals surface area (Å²) in [5, 5.41) is 0.811. The van der Waals surface area contributed by atoms with Crippen molar-refractivity contribution >= 4 is 31.9 Å². The van der Waals surface area contributed by atoms with Crippen LogP contribution in [0.1, 0.15) is 18.4 Å². The summed E-state index contributed by atoms with van der Waals surface area (Å²) in [6.07, 6.45) is 2.23. The molecular weight excluding hydrogens is 336 g/mol. The highest BCUT2D eigenvalue weighted by Crippen LogP contribution is 2.32. The van der Waals surface area contributed by atoms with Gasteiger partial charge < -0.3 is 9.47 Å². The predicted octanol–water partition coefficient (Wildman–Crippen LogP) is 3.90. The first-order valence-electron chi connectivity index (χ1n) is 5.39. The number of alkyl halides is 1. The van der Waals surface area contributed by atoms with E-state index in [-0.39, 0.29) is 6.10 Å². The maximum Gasteiger partial charge on any atom is 0.137 e. The van der Waals surface area contributed by atoms with E-state index >= 15 is 0 Å². The van der Waals surface area contributed by atoms with Gasteiger partial charge in [-0.1, -0.05) is 28.1 Å². The molecule has 1 saturated heterocycles. The van der Waals surface area contributed by atoms with Crippen LogP contribution in [0.5, 0.6) is 5.75 Å². The summed E-state index contributed by atoms with van der Waals surface area (Å²) in [6, 6.07) is 6.12. The van der Waals surface area contributed by atoms with Crippen molar-refractivity contribution in [1.82, 2.24) is 0 Å². The molecule has 0 bridgehead atoms. The van der Waals surface area contributed by atoms with Gasteiger partial charge in [0.1, 0.15) is 11.9 Å². The fourth-order valence-corrected chi connectivity index (χ4v) is 2.69. The van der Waals surface area contributed by atoms with Crippen molar-refractivity contribution in [3.05, 3.63) is 28.2 Å². The van der Waals surface area contributed by atoms with Gasteiger partial charge in [-0.05, 0) is 22.0 Å². The largest absolute Gasteiger partial charge is 0.489 e. The van der Waals surface area contributed by atoms with Gasteiger partial charge in [0.15, 0.2) is 0 Å². The van der Waals surface area contributed by atoms with E-state index in [0.29, 0.717) is 0 Å². The lowest BCUT2D eigenvalue weighted by Gasteiger charge is -2.25. The second kappa shape index (κ2) is 6.03. The Morgan fingerprint density at radius 2 is 2.06 bits per heavy atom. The number of hydrogen-bond donors (Lipinski definition) is 0. The fourth-order valence-electron chi connectivity index (χ4n) is 1.75. The lowest BCUT2D eigenvalue weighted by atomic mass is 10.1. The summed E-state index contributed by atoms with van der Waals surface area (Å²) in [5.74, 6) is 0.964. The Balaban J connectivity index is 2.12. The molecule has 16 heavy (non-hydrogen) atoms. The summed E-state index contributed by atoms with van der Waals surface area (Å²) in [7, 11) is 0. The first-order chi connectivity index (χ1) is 7.81. The van der Waals surface area contributed by atoms with E-state index in [9.17, 15) is 0 Å². The summed E-state index contributed by atoms with van der Waals surface area (Å²) in [5.41, 5.74) is 1.18. The van der Waals surface area contributed by atoms with Crippen molar-refractivity contribution in [3.8, 4) is 5.75 Å². The summed E-state index contributed by atoms with van der Waals surface area (Å²) >= 11 is 7.02. The van der Waals surface area contributed by atoms with Gasteiger partial charge in [0, 0.05) is 23.7 Å². The molecule has 1 fully saturated rings. The zero-order valence-electron chi connectivity index (χ0n) is 8.92. The van der Waals surface area contributed by atoms with Crippen molar-refractivity contribution in [2.24, 2.45) is 0 Å². The Morgan fingerprint density at radius 3 is 2.75 bits per heavy atom. The van der Waals surface area contributed by atoms with E-state index in [1.807, 2.05) is 12.1 Å². The molecule has 1 aliphatic rings. The third kappa shape index (κ3) is 2.99. The van der Waals surface area contributed by atoms with Crippen molar-refractivity contribution < 1.29 is 9.47 Å². The molecule has 0 unspecified atom stereocenters. The molecule has 1 aliphatic heterocycles. The van der Waals surface area contributed by atoms with Crippen LogP contribution in [-0.4, -0.2) is 19.3 Å². The highest BCUT2D eigenvalue weighted by atomic mass is 79.9. The van der Waals surface area contributed by atoms with Gasteiger partial charge in [-0.2, -0.15) is 0 Å². The molecule has 0 saturated carbocycles. The van der Waals surface area contributed by atoms with Crippen LogP contribution in [-0.2, 0) is 10.1 Å². The zero-order valence-corrected chi connectivity index (χ0v) is 12.1. The van der Waals surface area contributed by atoms with Gasteiger partial charge in [0.2, 0.25) is 0 Å². The standard InChI is InChI=1S/C12H14Br2O2/c13-8-9-2-1-3-11(14)12(9)16-10-4-6-15-7-5-10/h1-3,10H,4-8H2. The van der Waals surface area contributed by atoms with Gasteiger partial charge in [0.25, 0.3) is 0 Å². The molecule has 0 aromatic heterocycles. The van der Waals surface area contributed by atoms with E-state index in [4.69, 9.17) is 9.47 Å². The molecule has 2 rings (SSSR count). The molecule has 0 atom stereocenters. The Morgan fingerprint density at radius 1 is 1.31 bits per heavy atom. The molecule has 1 aromatic rings. The topological polar surface area (TPSA) is 18.5 Å². The highest BCUT2D eigenvalue weighted by Gasteiger charge is 2.18. The lowest BCUT2D eigenvalue weighted by Crippen LogP contribution is -2.26. The number of para-hydroxylation sites is 1. The monoisotopic (exact) mass is 348 g/mol. The summed E-state index contributed by atoms with van der Waals surface area (Å²) in [6.45, 7) is 1.61. The lowest BCUT2D eigenvalue weighted by molar-refractivity contribution is 0.0250. The van der Waals surface area contributed by atoms with Gasteiger partial charge in [-0.15, -0.1) is 0 Å². The van der Waals surface area contributed by atoms with Crippen LogP contribution in [0.15, 0.2) is 22.7 Å². The molecule has 0 radical (unpaired) electrons. The molecule has 88 valence electrons. The minimum absolute atomic E-state index is 0.283. The summed E-state index contributed by atoms with van der Waals surface area (Å²) in [4.78, 5) is 0. The Hall–Kier alpha value is -0.0600. The quantitative estimate of drug-likeness (QED) is 0.770. The van der Waals surface area contributed by atoms with Gasteiger partial charge >= 0.3 is 0 Å². The van der Waals surface area contributed by atoms with Crippen LogP contribution in [0.2, 0.25) is 0 Å². The van der Waals surface area contributed by atoms with Crippen LogP contribution >= 0.6 is 31.9 Å². The SMILES string of the molecule is BrCc1cccc(Br)c1OC1CCOCC1. The molecule has 0 N–H and O–H groups in total. The average Bonchev–Trinajstić information content (AvgIpc) is 2.33. The predicted molar refractivity (Wildman–Crippen MR) is 71.2 cm³/mol. The van der Waals surface area contributed by atoms with Crippen molar-refractivity contribution in [2.75, 3.05) is 13.2 Å². The summed E-state index contributed by atoms with van der Waals surface area (Å²) < 4.78 is 12.4. The first-order valence-corrected chi connectivity index (χ1v) is 7.30. The van der Waals surface area contributed by atoms with Gasteiger partial charge in [-0.3, -0.25) is 0 Å². The van der Waals surface area contributed by atoms with Crippen molar-refractivity contribution in [1.29, 1.82) is 0 Å². The fraction of sp³-hybridized carbons (Fsp3) is 0.500. The average molecular weight is 350 g/mol. The first kappa shape index (κ1) is 12.4. The van der Waals surface area contributed by atoms with E-state index in [1.54, 1.807) is 0 Å². The van der Waals surface area contributed by atoms with Crippen LogP contribution in [0.3, 0.4) is 0 Å². The molecular formula is C12H14Br2O2. The minimum atomic E-state index is 0.283. The normalized spacial score (nSPS) is 17.4. The maximum atomic E-state index is 6.05. The number of ether oxygens (including phenoxy) is 2. The zero-order chi connectivity index (χ0) is 11.4. The van der Waals surface area contributed by atoms with Crippen LogP contribution in [0, 0.1) is 0 Å². The Kier molecular flexibility index (Phi) is 4.67. The number of rotatable bonds is 3. The third-order valence-electron chi connectivity index (χ3n) is 2.65. The highest BCUT2D eigenvalue weighted by molar-refractivity contribution is 9.10. The number of hydrogen-bond acceptors (Lipinski definition) is 2. The van der Waals surface area contributed by atoms with E-state index in [2.05, 4.69) is 37.9 Å². The molecule has 4 heteroatoms. The number of halogens is 2. The molecule has 0 aliphatic carbocycles. The second-order valence-corrected chi connectivity index (χ2v) is 5.21. The van der Waals surface area contributed by atoms with Crippen LogP contribution in [0.25, 0.3) is 0 Å². The molecule has 1 aromatic carbocycles. The molecule has 0 spiro atoms. The Labute approximate surface area is 113 Å². The van der Waals surface area contributed by atoms with Crippen molar-refractivity contribution in [3.63, 3.8) is 0 Å². The van der Waals surface area contributed by atoms with Gasteiger partial charge in [0.05, 0.1) is 17.7 Å². The van der Waals surface area contributed by atoms with Crippen LogP contribution < -0.4 is 4.74 Å². The Bertz CT molecular complexity index is 349. The van der Waals surface area contributed by atoms with Gasteiger partial charge in [-0.25, -0.2) is 0 Å².